The molecular formula is C13H21NO5S. The largest absolute Gasteiger partial charge is 0.480 e. The molecule has 2 rings (SSSR count). The summed E-state index contributed by atoms with van der Waals surface area (Å²) in [7, 11) is -3.14. The number of hydrogen-bond acceptors (Lipinski definition) is 4. The molecule has 0 aromatic heterocycles. The first-order chi connectivity index (χ1) is 9.24. The molecule has 3 atom stereocenters. The minimum Gasteiger partial charge on any atom is -0.480 e. The van der Waals surface area contributed by atoms with E-state index in [1.165, 1.54) is 0 Å². The number of carbonyl (C=O) groups is 2. The van der Waals surface area contributed by atoms with Crippen molar-refractivity contribution in [2.75, 3.05) is 11.5 Å². The van der Waals surface area contributed by atoms with Crippen LogP contribution >= 0.6 is 0 Å². The first-order valence-corrected chi connectivity index (χ1v) is 8.82. The van der Waals surface area contributed by atoms with Gasteiger partial charge in [-0.3, -0.25) is 4.79 Å². The summed E-state index contributed by atoms with van der Waals surface area (Å²) in [6, 6.07) is 0. The summed E-state index contributed by atoms with van der Waals surface area (Å²) in [5, 5.41) is 12.1. The summed E-state index contributed by atoms with van der Waals surface area (Å²) < 4.78 is 22.8. The second kappa shape index (κ2) is 5.35. The van der Waals surface area contributed by atoms with Gasteiger partial charge in [-0.05, 0) is 25.2 Å². The molecule has 0 bridgehead atoms. The number of amides is 1. The smallest absolute Gasteiger partial charge is 0.329 e. The van der Waals surface area contributed by atoms with Crippen molar-refractivity contribution in [3.63, 3.8) is 0 Å². The molecule has 0 spiro atoms. The van der Waals surface area contributed by atoms with Crippen LogP contribution in [0.1, 0.15) is 39.0 Å². The highest BCUT2D eigenvalue weighted by atomic mass is 32.2. The molecule has 2 aliphatic rings. The number of hydrogen-bond donors (Lipinski definition) is 2. The molecule has 0 aromatic rings. The third-order valence-corrected chi connectivity index (χ3v) is 6.14. The number of nitrogens with one attached hydrogen (secondary N) is 1. The highest BCUT2D eigenvalue weighted by Gasteiger charge is 2.45. The van der Waals surface area contributed by atoms with Crippen molar-refractivity contribution >= 4 is 21.7 Å². The van der Waals surface area contributed by atoms with Gasteiger partial charge in [-0.2, -0.15) is 0 Å². The van der Waals surface area contributed by atoms with Gasteiger partial charge in [0.15, 0.2) is 9.84 Å². The van der Waals surface area contributed by atoms with E-state index in [1.54, 1.807) is 0 Å². The van der Waals surface area contributed by atoms with Crippen molar-refractivity contribution in [2.24, 2.45) is 11.8 Å². The van der Waals surface area contributed by atoms with E-state index in [0.717, 1.165) is 12.8 Å². The van der Waals surface area contributed by atoms with E-state index in [-0.39, 0.29) is 17.4 Å². The van der Waals surface area contributed by atoms with Crippen molar-refractivity contribution < 1.29 is 23.1 Å². The molecule has 0 radical (unpaired) electrons. The van der Waals surface area contributed by atoms with Gasteiger partial charge in [0.2, 0.25) is 5.91 Å². The van der Waals surface area contributed by atoms with Gasteiger partial charge in [0.05, 0.1) is 17.4 Å². The third kappa shape index (κ3) is 3.13. The van der Waals surface area contributed by atoms with Gasteiger partial charge in [0.1, 0.15) is 5.54 Å². The molecule has 6 nitrogen and oxygen atoms in total. The number of carboxylic acid groups (broad SMARTS) is 1. The normalized spacial score (nSPS) is 36.5. The fourth-order valence-electron chi connectivity index (χ4n) is 3.25. The minimum absolute atomic E-state index is 0.0154. The Hall–Kier alpha value is -1.11. The Bertz CT molecular complexity index is 515. The molecule has 1 aliphatic heterocycles. The Morgan fingerprint density at radius 3 is 2.50 bits per heavy atom. The maximum atomic E-state index is 12.2. The first kappa shape index (κ1) is 15.3. The van der Waals surface area contributed by atoms with Crippen molar-refractivity contribution in [2.45, 2.75) is 44.6 Å². The molecule has 2 fully saturated rings. The van der Waals surface area contributed by atoms with Crippen molar-refractivity contribution in [1.82, 2.24) is 5.32 Å². The van der Waals surface area contributed by atoms with Crippen LogP contribution in [0.25, 0.3) is 0 Å². The Morgan fingerprint density at radius 1 is 1.30 bits per heavy atom. The van der Waals surface area contributed by atoms with Gasteiger partial charge in [0, 0.05) is 0 Å². The quantitative estimate of drug-likeness (QED) is 0.794. The highest BCUT2D eigenvalue weighted by Crippen LogP contribution is 2.33. The average molecular weight is 303 g/mol. The maximum absolute atomic E-state index is 12.2. The predicted molar refractivity (Wildman–Crippen MR) is 72.9 cm³/mol. The van der Waals surface area contributed by atoms with Crippen LogP contribution < -0.4 is 5.32 Å². The Balaban J connectivity index is 2.09. The van der Waals surface area contributed by atoms with Crippen LogP contribution in [0.15, 0.2) is 0 Å². The molecule has 2 N–H and O–H groups in total. The van der Waals surface area contributed by atoms with Crippen LogP contribution in [0.4, 0.5) is 0 Å². The lowest BCUT2D eigenvalue weighted by Gasteiger charge is -2.37. The number of rotatable bonds is 3. The number of carboxylic acids is 1. The second-order valence-electron chi connectivity index (χ2n) is 6.18. The van der Waals surface area contributed by atoms with E-state index in [0.29, 0.717) is 19.3 Å². The van der Waals surface area contributed by atoms with E-state index in [4.69, 9.17) is 0 Å². The van der Waals surface area contributed by atoms with Crippen LogP contribution in [0.2, 0.25) is 0 Å². The van der Waals surface area contributed by atoms with Crippen molar-refractivity contribution in [3.05, 3.63) is 0 Å². The summed E-state index contributed by atoms with van der Waals surface area (Å²) in [5.74, 6) is -1.95. The standard InChI is InChI=1S/C13H21NO5S/c1-9-3-2-5-13(7-9,12(16)17)14-11(15)10-4-6-20(18,19)8-10/h9-10H,2-8H2,1H3,(H,14,15)(H,16,17). The van der Waals surface area contributed by atoms with E-state index in [9.17, 15) is 23.1 Å². The molecule has 1 amide bonds. The molecule has 20 heavy (non-hydrogen) atoms. The van der Waals surface area contributed by atoms with Crippen LogP contribution in [-0.4, -0.2) is 42.4 Å². The number of carbonyl (C=O) groups excluding carboxylic acids is 1. The van der Waals surface area contributed by atoms with Gasteiger partial charge in [-0.25, -0.2) is 13.2 Å². The fraction of sp³-hybridized carbons (Fsp3) is 0.846. The summed E-state index contributed by atoms with van der Waals surface area (Å²) in [4.78, 5) is 23.7. The lowest BCUT2D eigenvalue weighted by molar-refractivity contribution is -0.150. The Labute approximate surface area is 118 Å². The monoisotopic (exact) mass is 303 g/mol. The van der Waals surface area contributed by atoms with Crippen molar-refractivity contribution in [3.8, 4) is 0 Å². The molecule has 0 aromatic carbocycles. The zero-order valence-corrected chi connectivity index (χ0v) is 12.4. The van der Waals surface area contributed by atoms with Gasteiger partial charge in [-0.15, -0.1) is 0 Å². The minimum atomic E-state index is -3.14. The second-order valence-corrected chi connectivity index (χ2v) is 8.41. The van der Waals surface area contributed by atoms with Crippen LogP contribution in [0.3, 0.4) is 0 Å². The van der Waals surface area contributed by atoms with Gasteiger partial charge >= 0.3 is 5.97 Å². The Morgan fingerprint density at radius 2 is 2.00 bits per heavy atom. The molecular weight excluding hydrogens is 282 g/mol. The van der Waals surface area contributed by atoms with E-state index in [1.807, 2.05) is 6.92 Å². The van der Waals surface area contributed by atoms with Gasteiger partial charge in [0.25, 0.3) is 0 Å². The fourth-order valence-corrected chi connectivity index (χ4v) is 4.99. The van der Waals surface area contributed by atoms with Crippen LogP contribution in [0, 0.1) is 11.8 Å². The van der Waals surface area contributed by atoms with Crippen LogP contribution in [0.5, 0.6) is 0 Å². The highest BCUT2D eigenvalue weighted by molar-refractivity contribution is 7.91. The number of sulfone groups is 1. The topological polar surface area (TPSA) is 101 Å². The average Bonchev–Trinajstić information content (AvgIpc) is 2.69. The van der Waals surface area contributed by atoms with E-state index < -0.39 is 33.2 Å². The first-order valence-electron chi connectivity index (χ1n) is 7.00. The summed E-state index contributed by atoms with van der Waals surface area (Å²) in [6.45, 7) is 1.98. The predicted octanol–water partition coefficient (Wildman–Crippen LogP) is 0.571. The van der Waals surface area contributed by atoms with E-state index >= 15 is 0 Å². The maximum Gasteiger partial charge on any atom is 0.329 e. The molecule has 7 heteroatoms. The molecule has 114 valence electrons. The van der Waals surface area contributed by atoms with Gasteiger partial charge < -0.3 is 10.4 Å². The number of aliphatic carboxylic acids is 1. The SMILES string of the molecule is CC1CCCC(NC(=O)C2CCS(=O)(=O)C2)(C(=O)O)C1. The summed E-state index contributed by atoms with van der Waals surface area (Å²) >= 11 is 0. The molecule has 3 unspecified atom stereocenters. The van der Waals surface area contributed by atoms with Gasteiger partial charge in [-0.1, -0.05) is 19.8 Å². The lowest BCUT2D eigenvalue weighted by Crippen LogP contribution is -2.58. The zero-order valence-electron chi connectivity index (χ0n) is 11.6. The third-order valence-electron chi connectivity index (χ3n) is 4.37. The molecule has 1 heterocycles. The molecule has 1 saturated heterocycles. The Kier molecular flexibility index (Phi) is 4.09. The van der Waals surface area contributed by atoms with E-state index in [2.05, 4.69) is 5.32 Å². The molecule has 1 saturated carbocycles. The summed E-state index contributed by atoms with van der Waals surface area (Å²) in [6.07, 6.45) is 2.84. The zero-order chi connectivity index (χ0) is 15.0. The lowest BCUT2D eigenvalue weighted by atomic mass is 9.76. The van der Waals surface area contributed by atoms with Crippen LogP contribution in [-0.2, 0) is 19.4 Å². The summed E-state index contributed by atoms with van der Waals surface area (Å²) in [5.41, 5.74) is -1.22. The molecule has 1 aliphatic carbocycles. The van der Waals surface area contributed by atoms with Crippen molar-refractivity contribution in [1.29, 1.82) is 0 Å².